The summed E-state index contributed by atoms with van der Waals surface area (Å²) in [5.41, 5.74) is 1.54. The lowest BCUT2D eigenvalue weighted by Gasteiger charge is -2.42. The number of likely N-dealkylation sites (tertiary alicyclic amines) is 1. The molecule has 0 spiro atoms. The molecule has 4 aliphatic rings. The van der Waals surface area contributed by atoms with Gasteiger partial charge in [-0.2, -0.15) is 0 Å². The number of halogens is 1. The van der Waals surface area contributed by atoms with E-state index in [-0.39, 0.29) is 58.8 Å². The molecule has 1 aromatic rings. The fraction of sp³-hybridized carbons (Fsp3) is 0.346. The van der Waals surface area contributed by atoms with E-state index < -0.39 is 41.5 Å². The third-order valence-electron chi connectivity index (χ3n) is 7.52. The van der Waals surface area contributed by atoms with Gasteiger partial charge in [0.05, 0.1) is 29.8 Å². The number of carboxylic acid groups (broad SMARTS) is 1. The van der Waals surface area contributed by atoms with Crippen molar-refractivity contribution >= 4 is 45.3 Å². The number of carboxylic acids is 1. The SMILES string of the molecule is COc1ccc(O)c(C2C3=CCC4C(=O)N(CCC(=O)O)C(=O)C4C3CC3=C2C(=O)C=C(Br)C3=O)c1. The lowest BCUT2D eigenvalue weighted by Crippen LogP contribution is -2.39. The number of phenolic OH excluding ortho intramolecular Hbond substituents is 1. The number of allylic oxidation sites excluding steroid dienone is 6. The second kappa shape index (κ2) is 8.85. The first-order chi connectivity index (χ1) is 17.1. The fourth-order valence-electron chi connectivity index (χ4n) is 5.95. The lowest BCUT2D eigenvalue weighted by molar-refractivity contribution is -0.142. The molecule has 3 aliphatic carbocycles. The van der Waals surface area contributed by atoms with Crippen LogP contribution in [0.5, 0.6) is 11.5 Å². The number of Topliss-reactive ketones (excluding diaryl/α,β-unsaturated/α-hetero) is 1. The predicted molar refractivity (Wildman–Crippen MR) is 128 cm³/mol. The molecule has 0 radical (unpaired) electrons. The average molecular weight is 556 g/mol. The molecule has 4 unspecified atom stereocenters. The highest BCUT2D eigenvalue weighted by molar-refractivity contribution is 9.12. The summed E-state index contributed by atoms with van der Waals surface area (Å²) in [6, 6.07) is 4.62. The first kappa shape index (κ1) is 24.2. The van der Waals surface area contributed by atoms with Crippen LogP contribution < -0.4 is 4.74 Å². The molecule has 2 N–H and O–H groups in total. The molecule has 2 amide bonds. The van der Waals surface area contributed by atoms with Crippen molar-refractivity contribution in [3.8, 4) is 11.5 Å². The first-order valence-electron chi connectivity index (χ1n) is 11.5. The third kappa shape index (κ3) is 3.62. The number of nitrogens with zero attached hydrogens (tertiary/aromatic N) is 1. The van der Waals surface area contributed by atoms with Crippen molar-refractivity contribution < 1.29 is 38.9 Å². The summed E-state index contributed by atoms with van der Waals surface area (Å²) < 4.78 is 5.44. The Bertz CT molecular complexity index is 1340. The minimum Gasteiger partial charge on any atom is -0.508 e. The van der Waals surface area contributed by atoms with Crippen LogP contribution in [-0.4, -0.2) is 58.1 Å². The Morgan fingerprint density at radius 3 is 2.61 bits per heavy atom. The molecule has 0 aromatic heterocycles. The van der Waals surface area contributed by atoms with E-state index in [1.165, 1.54) is 19.3 Å². The molecule has 1 fully saturated rings. The van der Waals surface area contributed by atoms with E-state index in [9.17, 15) is 29.1 Å². The summed E-state index contributed by atoms with van der Waals surface area (Å²) in [5, 5.41) is 19.9. The van der Waals surface area contributed by atoms with Crippen LogP contribution in [0.15, 0.2) is 51.6 Å². The number of carbonyl (C=O) groups is 5. The Morgan fingerprint density at radius 1 is 1.17 bits per heavy atom. The molecule has 10 heteroatoms. The van der Waals surface area contributed by atoms with E-state index in [1.807, 2.05) is 6.08 Å². The van der Waals surface area contributed by atoms with E-state index in [0.717, 1.165) is 4.90 Å². The van der Waals surface area contributed by atoms with Crippen molar-refractivity contribution in [1.82, 2.24) is 4.90 Å². The Hall–Kier alpha value is -3.53. The number of benzene rings is 1. The molecule has 1 heterocycles. The predicted octanol–water partition coefficient (Wildman–Crippen LogP) is 2.64. The van der Waals surface area contributed by atoms with Crippen LogP contribution in [0.3, 0.4) is 0 Å². The highest BCUT2D eigenvalue weighted by Crippen LogP contribution is 2.56. The first-order valence-corrected chi connectivity index (χ1v) is 12.3. The molecule has 186 valence electrons. The number of methoxy groups -OCH3 is 1. The number of fused-ring (bicyclic) bond motifs is 3. The monoisotopic (exact) mass is 555 g/mol. The third-order valence-corrected chi connectivity index (χ3v) is 8.11. The number of ether oxygens (including phenoxy) is 1. The second-order valence-electron chi connectivity index (χ2n) is 9.29. The van der Waals surface area contributed by atoms with E-state index in [4.69, 9.17) is 9.84 Å². The number of rotatable bonds is 5. The minimum atomic E-state index is -1.12. The van der Waals surface area contributed by atoms with Crippen LogP contribution in [0, 0.1) is 17.8 Å². The molecule has 36 heavy (non-hydrogen) atoms. The molecular weight excluding hydrogens is 534 g/mol. The molecule has 9 nitrogen and oxygen atoms in total. The van der Waals surface area contributed by atoms with Crippen molar-refractivity contribution in [2.75, 3.05) is 13.7 Å². The number of hydrogen-bond donors (Lipinski definition) is 2. The number of carbonyl (C=O) groups excluding carboxylic acids is 4. The highest BCUT2D eigenvalue weighted by atomic mass is 79.9. The zero-order chi connectivity index (χ0) is 25.9. The summed E-state index contributed by atoms with van der Waals surface area (Å²) in [6.07, 6.45) is 3.01. The van der Waals surface area contributed by atoms with Crippen LogP contribution in [0.1, 0.15) is 30.7 Å². The number of aromatic hydroxyl groups is 1. The zero-order valence-corrected chi connectivity index (χ0v) is 20.8. The van der Waals surface area contributed by atoms with Gasteiger partial charge in [-0.1, -0.05) is 11.6 Å². The maximum absolute atomic E-state index is 13.4. The van der Waals surface area contributed by atoms with Gasteiger partial charge in [0, 0.05) is 35.2 Å². The summed E-state index contributed by atoms with van der Waals surface area (Å²) in [5.74, 6) is -5.25. The zero-order valence-electron chi connectivity index (χ0n) is 19.2. The molecule has 4 atom stereocenters. The second-order valence-corrected chi connectivity index (χ2v) is 10.1. The summed E-state index contributed by atoms with van der Waals surface area (Å²) in [4.78, 5) is 65.0. The van der Waals surface area contributed by atoms with Gasteiger partial charge >= 0.3 is 5.97 Å². The van der Waals surface area contributed by atoms with Crippen LogP contribution in [-0.2, 0) is 24.0 Å². The Morgan fingerprint density at radius 2 is 1.92 bits per heavy atom. The summed E-state index contributed by atoms with van der Waals surface area (Å²) in [6.45, 7) is -0.220. The van der Waals surface area contributed by atoms with E-state index in [1.54, 1.807) is 12.1 Å². The standard InChI is InChI=1S/C26H22BrNO8/c1-36-11-2-5-18(29)15(8-11)21-12-3-4-13-22(26(35)28(25(13)34)7-6-20(31)32)14(12)9-16-23(21)19(30)10-17(27)24(16)33/h2-3,5,8,10,13-14,21-22,29H,4,6-7,9H2,1H3,(H,31,32). The molecule has 1 aliphatic heterocycles. The summed E-state index contributed by atoms with van der Waals surface area (Å²) >= 11 is 3.17. The van der Waals surface area contributed by atoms with Gasteiger partial charge in [0.2, 0.25) is 11.8 Å². The van der Waals surface area contributed by atoms with E-state index in [2.05, 4.69) is 15.9 Å². The van der Waals surface area contributed by atoms with Crippen LogP contribution in [0.4, 0.5) is 0 Å². The maximum Gasteiger partial charge on any atom is 0.305 e. The Labute approximate surface area is 214 Å². The van der Waals surface area contributed by atoms with Gasteiger partial charge in [0.1, 0.15) is 11.5 Å². The molecular formula is C26H22BrNO8. The lowest BCUT2D eigenvalue weighted by atomic mass is 9.59. The van der Waals surface area contributed by atoms with Gasteiger partial charge < -0.3 is 14.9 Å². The number of hydrogen-bond acceptors (Lipinski definition) is 7. The average Bonchev–Trinajstić information content (AvgIpc) is 3.09. The molecule has 0 saturated carbocycles. The van der Waals surface area contributed by atoms with Gasteiger partial charge in [-0.05, 0) is 52.9 Å². The minimum absolute atomic E-state index is 0.0862. The largest absolute Gasteiger partial charge is 0.508 e. The van der Waals surface area contributed by atoms with E-state index >= 15 is 0 Å². The molecule has 0 bridgehead atoms. The quantitative estimate of drug-likeness (QED) is 0.321. The van der Waals surface area contributed by atoms with Crippen molar-refractivity contribution in [3.63, 3.8) is 0 Å². The molecule has 5 rings (SSSR count). The van der Waals surface area contributed by atoms with Crippen LogP contribution in [0.25, 0.3) is 0 Å². The normalized spacial score (nSPS) is 27.3. The van der Waals surface area contributed by atoms with Crippen molar-refractivity contribution in [2.45, 2.75) is 25.2 Å². The van der Waals surface area contributed by atoms with Crippen molar-refractivity contribution in [1.29, 1.82) is 0 Å². The maximum atomic E-state index is 13.4. The van der Waals surface area contributed by atoms with Gasteiger partial charge in [-0.15, -0.1) is 0 Å². The van der Waals surface area contributed by atoms with Gasteiger partial charge in [0.25, 0.3) is 0 Å². The van der Waals surface area contributed by atoms with E-state index in [0.29, 0.717) is 16.9 Å². The van der Waals surface area contributed by atoms with Gasteiger partial charge in [-0.3, -0.25) is 28.9 Å². The summed E-state index contributed by atoms with van der Waals surface area (Å²) in [7, 11) is 1.47. The number of phenols is 1. The highest BCUT2D eigenvalue weighted by Gasteiger charge is 2.56. The number of amides is 2. The smallest absolute Gasteiger partial charge is 0.305 e. The fourth-order valence-corrected chi connectivity index (χ4v) is 6.39. The van der Waals surface area contributed by atoms with Gasteiger partial charge in [-0.25, -0.2) is 0 Å². The van der Waals surface area contributed by atoms with Crippen molar-refractivity contribution in [3.05, 3.63) is 57.1 Å². The number of aliphatic carboxylic acids is 1. The van der Waals surface area contributed by atoms with Crippen LogP contribution in [0.2, 0.25) is 0 Å². The van der Waals surface area contributed by atoms with Crippen molar-refractivity contribution in [2.24, 2.45) is 17.8 Å². The van der Waals surface area contributed by atoms with Gasteiger partial charge in [0.15, 0.2) is 11.6 Å². The molecule has 1 aromatic carbocycles. The van der Waals surface area contributed by atoms with Crippen LogP contribution >= 0.6 is 15.9 Å². The number of ketones is 2. The molecule has 1 saturated heterocycles. The Balaban J connectivity index is 1.65. The number of imide groups is 1. The Kier molecular flexibility index (Phi) is 5.94. The topological polar surface area (TPSA) is 138 Å².